The van der Waals surface area contributed by atoms with Gasteiger partial charge in [0.05, 0.1) is 5.54 Å². The Morgan fingerprint density at radius 1 is 0.529 bits per heavy atom. The van der Waals surface area contributed by atoms with Crippen molar-refractivity contribution in [2.75, 3.05) is 0 Å². The summed E-state index contributed by atoms with van der Waals surface area (Å²) in [5, 5.41) is 0. The number of aryl methyl sites for hydroxylation is 1. The third-order valence-electron chi connectivity index (χ3n) is 6.61. The summed E-state index contributed by atoms with van der Waals surface area (Å²) in [5.41, 5.74) is 16.3. The molecule has 0 amide bonds. The zero-order valence-corrected chi connectivity index (χ0v) is 19.5. The molecule has 0 aliphatic carbocycles. The van der Waals surface area contributed by atoms with E-state index in [0.717, 1.165) is 11.1 Å². The van der Waals surface area contributed by atoms with Crippen molar-refractivity contribution in [3.8, 4) is 22.3 Å². The van der Waals surface area contributed by atoms with Crippen LogP contribution in [0.15, 0.2) is 133 Å². The molecule has 5 rings (SSSR count). The number of benzene rings is 5. The van der Waals surface area contributed by atoms with Crippen molar-refractivity contribution >= 4 is 0 Å². The zero-order valence-electron chi connectivity index (χ0n) is 19.5. The molecule has 5 aromatic rings. The van der Waals surface area contributed by atoms with Gasteiger partial charge >= 0.3 is 0 Å². The van der Waals surface area contributed by atoms with Gasteiger partial charge in [0, 0.05) is 0 Å². The molecule has 2 N–H and O–H groups in total. The maximum Gasteiger partial charge on any atom is 0.0706 e. The minimum Gasteiger partial charge on any atom is -0.317 e. The fourth-order valence-electron chi connectivity index (χ4n) is 4.83. The van der Waals surface area contributed by atoms with Crippen molar-refractivity contribution in [1.82, 2.24) is 0 Å². The van der Waals surface area contributed by atoms with Crippen molar-refractivity contribution in [2.45, 2.75) is 18.9 Å². The van der Waals surface area contributed by atoms with Crippen LogP contribution >= 0.6 is 0 Å². The first-order valence-electron chi connectivity index (χ1n) is 11.8. The minimum atomic E-state index is -0.643. The van der Waals surface area contributed by atoms with Gasteiger partial charge in [0.2, 0.25) is 0 Å². The summed E-state index contributed by atoms with van der Waals surface area (Å²) in [5.74, 6) is 0. The molecule has 0 spiro atoms. The SMILES string of the molecule is Cc1ccc(-c2ccccc2CC(N)(c2ccccc2)c2ccccc2)c(-c2ccccc2)c1. The molecule has 0 fully saturated rings. The summed E-state index contributed by atoms with van der Waals surface area (Å²) in [6.45, 7) is 2.15. The van der Waals surface area contributed by atoms with Gasteiger partial charge in [-0.1, -0.05) is 139 Å². The van der Waals surface area contributed by atoms with Gasteiger partial charge in [-0.25, -0.2) is 0 Å². The molecule has 5 aromatic carbocycles. The highest BCUT2D eigenvalue weighted by atomic mass is 14.7. The summed E-state index contributed by atoms with van der Waals surface area (Å²) in [7, 11) is 0. The van der Waals surface area contributed by atoms with Crippen LogP contribution in [0.5, 0.6) is 0 Å². The van der Waals surface area contributed by atoms with Crippen LogP contribution in [-0.4, -0.2) is 0 Å². The topological polar surface area (TPSA) is 26.0 Å². The van der Waals surface area contributed by atoms with Crippen LogP contribution in [0.1, 0.15) is 22.3 Å². The Bertz CT molecular complexity index is 1330. The first-order valence-corrected chi connectivity index (χ1v) is 11.8. The summed E-state index contributed by atoms with van der Waals surface area (Å²) < 4.78 is 0. The fraction of sp³-hybridized carbons (Fsp3) is 0.0909. The predicted octanol–water partition coefficient (Wildman–Crippen LogP) is 7.77. The van der Waals surface area contributed by atoms with Gasteiger partial charge in [-0.2, -0.15) is 0 Å². The maximum atomic E-state index is 7.29. The van der Waals surface area contributed by atoms with Gasteiger partial charge in [0.25, 0.3) is 0 Å². The van der Waals surface area contributed by atoms with Crippen molar-refractivity contribution in [1.29, 1.82) is 0 Å². The Balaban J connectivity index is 1.66. The highest BCUT2D eigenvalue weighted by molar-refractivity contribution is 5.85. The van der Waals surface area contributed by atoms with E-state index in [2.05, 4.69) is 128 Å². The quantitative estimate of drug-likeness (QED) is 0.287. The molecule has 0 aromatic heterocycles. The number of nitrogens with two attached hydrogens (primary N) is 1. The van der Waals surface area contributed by atoms with E-state index < -0.39 is 5.54 Å². The van der Waals surface area contributed by atoms with E-state index in [0.29, 0.717) is 6.42 Å². The molecule has 0 unspecified atom stereocenters. The van der Waals surface area contributed by atoms with Crippen molar-refractivity contribution in [3.63, 3.8) is 0 Å². The van der Waals surface area contributed by atoms with Gasteiger partial charge < -0.3 is 5.73 Å². The van der Waals surface area contributed by atoms with E-state index in [-0.39, 0.29) is 0 Å². The summed E-state index contributed by atoms with van der Waals surface area (Å²) in [6.07, 6.45) is 0.694. The van der Waals surface area contributed by atoms with Gasteiger partial charge in [-0.15, -0.1) is 0 Å². The Labute approximate surface area is 202 Å². The van der Waals surface area contributed by atoms with E-state index in [4.69, 9.17) is 5.73 Å². The molecule has 0 saturated carbocycles. The normalized spacial score (nSPS) is 11.4. The second kappa shape index (κ2) is 9.51. The second-order valence-electron chi connectivity index (χ2n) is 8.95. The van der Waals surface area contributed by atoms with Gasteiger partial charge in [-0.3, -0.25) is 0 Å². The van der Waals surface area contributed by atoms with E-state index in [1.54, 1.807) is 0 Å². The third kappa shape index (κ3) is 4.31. The highest BCUT2D eigenvalue weighted by Crippen LogP contribution is 2.38. The first-order chi connectivity index (χ1) is 16.6. The standard InChI is InChI=1S/C33H29N/c1-25-21-22-31(32(23-25)26-13-5-2-6-14-26)30-20-12-11-15-27(30)24-33(34,28-16-7-3-8-17-28)29-18-9-4-10-19-29/h2-23H,24,34H2,1H3. The monoisotopic (exact) mass is 439 g/mol. The molecule has 0 heterocycles. The molecular weight excluding hydrogens is 410 g/mol. The lowest BCUT2D eigenvalue weighted by Gasteiger charge is -2.32. The van der Waals surface area contributed by atoms with Crippen LogP contribution < -0.4 is 5.73 Å². The maximum absolute atomic E-state index is 7.29. The van der Waals surface area contributed by atoms with Crippen molar-refractivity contribution in [3.05, 3.63) is 156 Å². The first kappa shape index (κ1) is 21.9. The lowest BCUT2D eigenvalue weighted by atomic mass is 9.77. The van der Waals surface area contributed by atoms with Crippen molar-refractivity contribution < 1.29 is 0 Å². The molecule has 0 bridgehead atoms. The number of rotatable bonds is 6. The number of hydrogen-bond donors (Lipinski definition) is 1. The lowest BCUT2D eigenvalue weighted by molar-refractivity contribution is 0.536. The van der Waals surface area contributed by atoms with E-state index >= 15 is 0 Å². The summed E-state index contributed by atoms with van der Waals surface area (Å²) in [4.78, 5) is 0. The Morgan fingerprint density at radius 3 is 1.68 bits per heavy atom. The van der Waals surface area contributed by atoms with E-state index in [1.807, 2.05) is 12.1 Å². The van der Waals surface area contributed by atoms with Crippen LogP contribution in [0.4, 0.5) is 0 Å². The van der Waals surface area contributed by atoms with Crippen LogP contribution in [-0.2, 0) is 12.0 Å². The molecular formula is C33H29N. The molecule has 1 heteroatoms. The Morgan fingerprint density at radius 2 is 1.06 bits per heavy atom. The fourth-order valence-corrected chi connectivity index (χ4v) is 4.83. The highest BCUT2D eigenvalue weighted by Gasteiger charge is 2.31. The van der Waals surface area contributed by atoms with Gasteiger partial charge in [0.15, 0.2) is 0 Å². The summed E-state index contributed by atoms with van der Waals surface area (Å²) in [6, 6.07) is 46.9. The molecule has 0 aliphatic rings. The second-order valence-corrected chi connectivity index (χ2v) is 8.95. The van der Waals surface area contributed by atoms with Crippen LogP contribution in [0, 0.1) is 6.92 Å². The smallest absolute Gasteiger partial charge is 0.0706 e. The molecule has 0 atom stereocenters. The zero-order chi connectivity index (χ0) is 23.4. The molecule has 0 aliphatic heterocycles. The minimum absolute atomic E-state index is 0.643. The Kier molecular flexibility index (Phi) is 6.12. The largest absolute Gasteiger partial charge is 0.317 e. The predicted molar refractivity (Wildman–Crippen MR) is 144 cm³/mol. The lowest BCUT2D eigenvalue weighted by Crippen LogP contribution is -2.40. The van der Waals surface area contributed by atoms with Gasteiger partial charge in [0.1, 0.15) is 0 Å². The average molecular weight is 440 g/mol. The van der Waals surface area contributed by atoms with Crippen molar-refractivity contribution in [2.24, 2.45) is 5.73 Å². The summed E-state index contributed by atoms with van der Waals surface area (Å²) >= 11 is 0. The number of hydrogen-bond acceptors (Lipinski definition) is 1. The molecule has 0 radical (unpaired) electrons. The molecule has 34 heavy (non-hydrogen) atoms. The van der Waals surface area contributed by atoms with Crippen LogP contribution in [0.2, 0.25) is 0 Å². The van der Waals surface area contributed by atoms with E-state index in [9.17, 15) is 0 Å². The molecule has 1 nitrogen and oxygen atoms in total. The van der Waals surface area contributed by atoms with Gasteiger partial charge in [-0.05, 0) is 52.3 Å². The molecule has 0 saturated heterocycles. The average Bonchev–Trinajstić information content (AvgIpc) is 2.90. The third-order valence-corrected chi connectivity index (χ3v) is 6.61. The van der Waals surface area contributed by atoms with Crippen LogP contribution in [0.25, 0.3) is 22.3 Å². The van der Waals surface area contributed by atoms with E-state index in [1.165, 1.54) is 33.4 Å². The van der Waals surface area contributed by atoms with Crippen LogP contribution in [0.3, 0.4) is 0 Å². The Hall–Kier alpha value is -3.94. The molecule has 166 valence electrons.